The van der Waals surface area contributed by atoms with Crippen LogP contribution in [-0.2, 0) is 5.41 Å². The van der Waals surface area contributed by atoms with Crippen molar-refractivity contribution in [3.05, 3.63) is 186 Å². The van der Waals surface area contributed by atoms with Crippen molar-refractivity contribution < 1.29 is 4.42 Å². The molecule has 1 atom stereocenters. The summed E-state index contributed by atoms with van der Waals surface area (Å²) in [6.45, 7) is 4.72. The first kappa shape index (κ1) is 30.5. The Morgan fingerprint density at radius 1 is 0.545 bits per heavy atom. The minimum atomic E-state index is -0.325. The molecule has 1 aliphatic heterocycles. The standard InChI is InChI=1S/C51H35N3O/c1-51(2)42-28-35(34-20-19-30-11-3-4-12-31(30)25-34)21-23-39(42)47-48(51)52-49(36-22-24-46-41(27-36)38-16-8-10-18-45(38)55-46)53-50(47)54-43-17-9-7-15-37(43)40-26-32-13-5-6-14-33(32)29-44(40)54/h3-29,49,52H,1-2H3. The van der Waals surface area contributed by atoms with E-state index in [0.717, 1.165) is 49.9 Å². The lowest BCUT2D eigenvalue weighted by Gasteiger charge is -2.32. The van der Waals surface area contributed by atoms with Crippen LogP contribution in [0.15, 0.2) is 179 Å². The third-order valence-electron chi connectivity index (χ3n) is 12.1. The first-order chi connectivity index (χ1) is 27.0. The van der Waals surface area contributed by atoms with E-state index in [2.05, 4.69) is 175 Å². The molecule has 55 heavy (non-hydrogen) atoms. The fourth-order valence-corrected chi connectivity index (χ4v) is 9.37. The molecule has 4 nitrogen and oxygen atoms in total. The van der Waals surface area contributed by atoms with Gasteiger partial charge in [-0.2, -0.15) is 0 Å². The summed E-state index contributed by atoms with van der Waals surface area (Å²) < 4.78 is 8.68. The molecule has 0 bridgehead atoms. The van der Waals surface area contributed by atoms with Crippen molar-refractivity contribution in [2.75, 3.05) is 0 Å². The van der Waals surface area contributed by atoms with Crippen LogP contribution < -0.4 is 5.32 Å². The van der Waals surface area contributed by atoms with E-state index in [1.165, 1.54) is 60.3 Å². The van der Waals surface area contributed by atoms with Crippen LogP contribution in [0.3, 0.4) is 0 Å². The lowest BCUT2D eigenvalue weighted by Crippen LogP contribution is -2.35. The summed E-state index contributed by atoms with van der Waals surface area (Å²) in [7, 11) is 0. The number of furan rings is 1. The molecule has 0 fully saturated rings. The van der Waals surface area contributed by atoms with Gasteiger partial charge in [-0.25, -0.2) is 4.99 Å². The molecule has 10 aromatic rings. The van der Waals surface area contributed by atoms with E-state index < -0.39 is 0 Å². The number of fused-ring (bicyclic) bond motifs is 10. The second-order valence-electron chi connectivity index (χ2n) is 15.6. The normalized spacial score (nSPS) is 16.3. The Balaban J connectivity index is 1.11. The highest BCUT2D eigenvalue weighted by Gasteiger charge is 2.44. The number of nitrogens with zero attached hydrogens (tertiary/aromatic N) is 2. The highest BCUT2D eigenvalue weighted by molar-refractivity contribution is 6.32. The molecule has 2 aliphatic rings. The summed E-state index contributed by atoms with van der Waals surface area (Å²) in [6, 6.07) is 59.4. The summed E-state index contributed by atoms with van der Waals surface area (Å²) in [5, 5.41) is 13.6. The highest BCUT2D eigenvalue weighted by Crippen LogP contribution is 2.51. The Bertz CT molecular complexity index is 3340. The van der Waals surface area contributed by atoms with Gasteiger partial charge in [-0.3, -0.25) is 4.57 Å². The smallest absolute Gasteiger partial charge is 0.146 e. The second-order valence-corrected chi connectivity index (χ2v) is 15.6. The monoisotopic (exact) mass is 705 g/mol. The minimum absolute atomic E-state index is 0.322. The topological polar surface area (TPSA) is 42.5 Å². The third kappa shape index (κ3) is 4.37. The van der Waals surface area contributed by atoms with Crippen molar-refractivity contribution in [3.8, 4) is 11.1 Å². The predicted molar refractivity (Wildman–Crippen MR) is 229 cm³/mol. The average Bonchev–Trinajstić information content (AvgIpc) is 3.84. The second kappa shape index (κ2) is 11.1. The summed E-state index contributed by atoms with van der Waals surface area (Å²) in [4.78, 5) is 5.75. The van der Waals surface area contributed by atoms with Gasteiger partial charge in [0.05, 0.1) is 11.0 Å². The number of allylic oxidation sites excluding steroid dienone is 2. The SMILES string of the molecule is CC1(C)C2=C(C(n3c4ccccc4c4cc5ccccc5cc43)=NC(c3ccc4oc5ccccc5c4c3)N2)c2ccc(-c3ccc4ccccc4c3)cc21. The van der Waals surface area contributed by atoms with Gasteiger partial charge < -0.3 is 9.73 Å². The Kier molecular flexibility index (Phi) is 6.14. The number of aromatic nitrogens is 1. The Morgan fingerprint density at radius 2 is 1.22 bits per heavy atom. The lowest BCUT2D eigenvalue weighted by atomic mass is 9.83. The molecule has 0 saturated carbocycles. The number of nitrogens with one attached hydrogen (secondary N) is 1. The molecular weight excluding hydrogens is 671 g/mol. The molecule has 12 rings (SSSR count). The van der Waals surface area contributed by atoms with Gasteiger partial charge in [0.1, 0.15) is 23.2 Å². The van der Waals surface area contributed by atoms with Crippen molar-refractivity contribution >= 4 is 76.7 Å². The van der Waals surface area contributed by atoms with Crippen LogP contribution in [0, 0.1) is 0 Å². The zero-order valence-corrected chi connectivity index (χ0v) is 30.5. The van der Waals surface area contributed by atoms with Crippen molar-refractivity contribution in [1.29, 1.82) is 0 Å². The molecule has 1 aliphatic carbocycles. The Hall–Kier alpha value is -6.91. The van der Waals surface area contributed by atoms with Crippen molar-refractivity contribution in [2.45, 2.75) is 25.4 Å². The summed E-state index contributed by atoms with van der Waals surface area (Å²) in [5.41, 5.74) is 12.2. The molecule has 0 amide bonds. The molecule has 8 aromatic carbocycles. The van der Waals surface area contributed by atoms with Gasteiger partial charge in [-0.15, -0.1) is 0 Å². The summed E-state index contributed by atoms with van der Waals surface area (Å²) in [5.74, 6) is 0.961. The van der Waals surface area contributed by atoms with E-state index >= 15 is 0 Å². The average molecular weight is 706 g/mol. The summed E-state index contributed by atoms with van der Waals surface area (Å²) in [6.07, 6.45) is -0.322. The molecule has 1 unspecified atom stereocenters. The first-order valence-corrected chi connectivity index (χ1v) is 19.1. The fraction of sp³-hybridized carbons (Fsp3) is 0.0784. The van der Waals surface area contributed by atoms with Crippen molar-refractivity contribution in [3.63, 3.8) is 0 Å². The maximum atomic E-state index is 6.25. The maximum Gasteiger partial charge on any atom is 0.146 e. The van der Waals surface area contributed by atoms with Crippen molar-refractivity contribution in [1.82, 2.24) is 9.88 Å². The zero-order valence-electron chi connectivity index (χ0n) is 30.5. The van der Waals surface area contributed by atoms with Crippen LogP contribution in [0.5, 0.6) is 0 Å². The Labute approximate surface area is 317 Å². The maximum absolute atomic E-state index is 6.25. The van der Waals surface area contributed by atoms with Crippen molar-refractivity contribution in [2.24, 2.45) is 4.99 Å². The van der Waals surface area contributed by atoms with Gasteiger partial charge in [0, 0.05) is 38.2 Å². The van der Waals surface area contributed by atoms with Crippen LogP contribution in [0.1, 0.15) is 36.7 Å². The van der Waals surface area contributed by atoms with Gasteiger partial charge in [0.2, 0.25) is 0 Å². The number of hydrogen-bond donors (Lipinski definition) is 1. The summed E-state index contributed by atoms with van der Waals surface area (Å²) >= 11 is 0. The molecule has 0 radical (unpaired) electrons. The van der Waals surface area contributed by atoms with Crippen LogP contribution in [-0.4, -0.2) is 10.4 Å². The predicted octanol–water partition coefficient (Wildman–Crippen LogP) is 12.9. The number of benzene rings is 8. The highest BCUT2D eigenvalue weighted by atomic mass is 16.3. The molecule has 2 aromatic heterocycles. The Morgan fingerprint density at radius 3 is 2.07 bits per heavy atom. The number of rotatable bonds is 2. The molecule has 0 saturated heterocycles. The molecule has 4 heteroatoms. The van der Waals surface area contributed by atoms with Gasteiger partial charge in [-0.1, -0.05) is 129 Å². The van der Waals surface area contributed by atoms with E-state index in [1.54, 1.807) is 0 Å². The van der Waals surface area contributed by atoms with E-state index in [0.29, 0.717) is 0 Å². The largest absolute Gasteiger partial charge is 0.456 e. The fourth-order valence-electron chi connectivity index (χ4n) is 9.37. The quantitative estimate of drug-likeness (QED) is 0.195. The van der Waals surface area contributed by atoms with E-state index in [4.69, 9.17) is 9.41 Å². The molecule has 1 N–H and O–H groups in total. The molecule has 260 valence electrons. The number of para-hydroxylation sites is 2. The van der Waals surface area contributed by atoms with E-state index in [1.807, 2.05) is 12.1 Å². The third-order valence-corrected chi connectivity index (χ3v) is 12.1. The van der Waals surface area contributed by atoms with Crippen LogP contribution in [0.4, 0.5) is 0 Å². The number of hydrogen-bond acceptors (Lipinski definition) is 3. The van der Waals surface area contributed by atoms with Gasteiger partial charge >= 0.3 is 0 Å². The zero-order chi connectivity index (χ0) is 36.4. The van der Waals surface area contributed by atoms with Gasteiger partial charge in [-0.05, 0) is 97.9 Å². The molecule has 0 spiro atoms. The van der Waals surface area contributed by atoms with Gasteiger partial charge in [0.25, 0.3) is 0 Å². The minimum Gasteiger partial charge on any atom is -0.456 e. The van der Waals surface area contributed by atoms with Crippen LogP contribution in [0.2, 0.25) is 0 Å². The van der Waals surface area contributed by atoms with Crippen LogP contribution >= 0.6 is 0 Å². The van der Waals surface area contributed by atoms with E-state index in [-0.39, 0.29) is 11.6 Å². The molecular formula is C51H35N3O. The van der Waals surface area contributed by atoms with Crippen LogP contribution in [0.25, 0.3) is 82.0 Å². The first-order valence-electron chi connectivity index (χ1n) is 19.1. The number of aliphatic imine (C=N–C) groups is 1. The van der Waals surface area contributed by atoms with Gasteiger partial charge in [0.15, 0.2) is 0 Å². The molecule has 3 heterocycles. The van der Waals surface area contributed by atoms with E-state index in [9.17, 15) is 0 Å². The lowest BCUT2D eigenvalue weighted by molar-refractivity contribution is 0.516.